The Labute approximate surface area is 351 Å². The number of hydrogen-bond donors (Lipinski definition) is 0. The van der Waals surface area contributed by atoms with Gasteiger partial charge in [0.25, 0.3) is 0 Å². The van der Waals surface area contributed by atoms with Crippen molar-refractivity contribution in [3.8, 4) is 33.4 Å². The van der Waals surface area contributed by atoms with Crippen LogP contribution in [0.15, 0.2) is 170 Å². The molecule has 0 aliphatic heterocycles. The minimum atomic E-state index is -0.339. The Hall–Kier alpha value is -6.76. The fourth-order valence-electron chi connectivity index (χ4n) is 12.5. The van der Waals surface area contributed by atoms with Gasteiger partial charge in [-0.05, 0) is 189 Å². The van der Waals surface area contributed by atoms with Gasteiger partial charge in [-0.1, -0.05) is 158 Å². The van der Waals surface area contributed by atoms with Gasteiger partial charge in [0.15, 0.2) is 0 Å². The first kappa shape index (κ1) is 34.1. The summed E-state index contributed by atoms with van der Waals surface area (Å²) < 4.78 is 0. The van der Waals surface area contributed by atoms with Gasteiger partial charge in [-0.15, -0.1) is 0 Å². The smallest absolute Gasteiger partial charge is 0.0697 e. The third-order valence-corrected chi connectivity index (χ3v) is 14.8. The average Bonchev–Trinajstić information content (AvgIpc) is 3.79. The maximum absolute atomic E-state index is 4.22. The maximum Gasteiger partial charge on any atom is 0.0697 e. The Morgan fingerprint density at radius 1 is 0.533 bits per heavy atom. The lowest BCUT2D eigenvalue weighted by Crippen LogP contribution is -2.30. The monoisotopic (exact) mass is 764 g/mol. The third kappa shape index (κ3) is 4.41. The number of fused-ring (bicyclic) bond motifs is 19. The highest BCUT2D eigenvalue weighted by atomic mass is 14.6. The zero-order valence-electron chi connectivity index (χ0n) is 34.0. The molecule has 0 nitrogen and oxygen atoms in total. The topological polar surface area (TPSA) is 0 Å². The number of allylic oxidation sites excluding steroid dienone is 3. The van der Waals surface area contributed by atoms with Crippen molar-refractivity contribution in [2.24, 2.45) is 0 Å². The molecule has 0 saturated heterocycles. The van der Waals surface area contributed by atoms with E-state index in [1.165, 1.54) is 133 Å². The van der Waals surface area contributed by atoms with Crippen LogP contribution in [0.2, 0.25) is 0 Å². The lowest BCUT2D eigenvalue weighted by molar-refractivity contribution is 0.647. The van der Waals surface area contributed by atoms with E-state index in [9.17, 15) is 0 Å². The molecule has 0 aromatic heterocycles. The van der Waals surface area contributed by atoms with Crippen molar-refractivity contribution in [3.05, 3.63) is 208 Å². The van der Waals surface area contributed by atoms with Gasteiger partial charge in [0.2, 0.25) is 0 Å². The molecule has 284 valence electrons. The Morgan fingerprint density at radius 3 is 2.22 bits per heavy atom. The van der Waals surface area contributed by atoms with Crippen LogP contribution in [0, 0.1) is 6.92 Å². The van der Waals surface area contributed by atoms with Crippen molar-refractivity contribution >= 4 is 60.3 Å². The third-order valence-electron chi connectivity index (χ3n) is 14.8. The first-order valence-electron chi connectivity index (χ1n) is 22.0. The molecular formula is C60H44. The van der Waals surface area contributed by atoms with Gasteiger partial charge in [-0.2, -0.15) is 0 Å². The number of rotatable bonds is 3. The SMILES string of the molecule is C=CC1=c2c(ccc3c(-c4cccc(-c5ccc6c7c(c8ccccc8c6c5)-c5ccc6ccccc6c5C75C6=C(CCCC6)c6ccccc65)c4)ccc(C)c23)=CCC1. The van der Waals surface area contributed by atoms with E-state index >= 15 is 0 Å². The molecule has 1 atom stereocenters. The second-order valence-corrected chi connectivity index (χ2v) is 17.7. The molecule has 0 radical (unpaired) electrons. The average molecular weight is 765 g/mol. The molecule has 0 saturated carbocycles. The van der Waals surface area contributed by atoms with Crippen LogP contribution in [0.25, 0.3) is 93.7 Å². The van der Waals surface area contributed by atoms with Crippen molar-refractivity contribution < 1.29 is 0 Å². The minimum Gasteiger partial charge on any atom is -0.0988 e. The minimum absolute atomic E-state index is 0.339. The molecule has 1 unspecified atom stereocenters. The zero-order valence-corrected chi connectivity index (χ0v) is 34.0. The summed E-state index contributed by atoms with van der Waals surface area (Å²) in [6.45, 7) is 6.48. The van der Waals surface area contributed by atoms with Crippen molar-refractivity contribution in [2.45, 2.75) is 50.9 Å². The number of benzene rings is 9. The van der Waals surface area contributed by atoms with Crippen LogP contribution in [0.5, 0.6) is 0 Å². The number of aryl methyl sites for hydroxylation is 1. The molecular weight excluding hydrogens is 721 g/mol. The molecule has 0 bridgehead atoms. The fraction of sp³-hybridized carbons (Fsp3) is 0.133. The predicted molar refractivity (Wildman–Crippen MR) is 256 cm³/mol. The Bertz CT molecular complexity index is 3570. The molecule has 0 amide bonds. The molecule has 0 N–H and O–H groups in total. The lowest BCUT2D eigenvalue weighted by atomic mass is 9.65. The molecule has 1 spiro atoms. The summed E-state index contributed by atoms with van der Waals surface area (Å²) in [5, 5.41) is 13.5. The summed E-state index contributed by atoms with van der Waals surface area (Å²) in [4.78, 5) is 0. The largest absolute Gasteiger partial charge is 0.0988 e. The highest BCUT2D eigenvalue weighted by Gasteiger charge is 2.55. The summed E-state index contributed by atoms with van der Waals surface area (Å²) in [5.41, 5.74) is 19.3. The van der Waals surface area contributed by atoms with E-state index in [0.29, 0.717) is 0 Å². The van der Waals surface area contributed by atoms with Crippen LogP contribution >= 0.6 is 0 Å². The first-order chi connectivity index (χ1) is 29.6. The summed E-state index contributed by atoms with van der Waals surface area (Å²) in [6, 6.07) is 58.6. The van der Waals surface area contributed by atoms with Gasteiger partial charge in [-0.3, -0.25) is 0 Å². The van der Waals surface area contributed by atoms with Gasteiger partial charge in [-0.25, -0.2) is 0 Å². The summed E-state index contributed by atoms with van der Waals surface area (Å²) in [7, 11) is 0. The fourth-order valence-corrected chi connectivity index (χ4v) is 12.5. The van der Waals surface area contributed by atoms with Crippen molar-refractivity contribution in [2.75, 3.05) is 0 Å². The Morgan fingerprint density at radius 2 is 1.30 bits per heavy atom. The molecule has 0 heteroatoms. The second-order valence-electron chi connectivity index (χ2n) is 17.7. The quantitative estimate of drug-likeness (QED) is 0.157. The van der Waals surface area contributed by atoms with Crippen LogP contribution in [-0.4, -0.2) is 0 Å². The van der Waals surface area contributed by atoms with Gasteiger partial charge >= 0.3 is 0 Å². The zero-order chi connectivity index (χ0) is 39.7. The van der Waals surface area contributed by atoms with Crippen LogP contribution in [0.1, 0.15) is 66.3 Å². The van der Waals surface area contributed by atoms with E-state index in [1.54, 1.807) is 11.1 Å². The number of hydrogen-bond acceptors (Lipinski definition) is 0. The van der Waals surface area contributed by atoms with Gasteiger partial charge in [0.05, 0.1) is 5.41 Å². The van der Waals surface area contributed by atoms with Crippen LogP contribution in [0.3, 0.4) is 0 Å². The lowest BCUT2D eigenvalue weighted by Gasteiger charge is -2.36. The maximum atomic E-state index is 4.22. The highest BCUT2D eigenvalue weighted by Crippen LogP contribution is 2.67. The molecule has 9 aromatic carbocycles. The molecule has 60 heavy (non-hydrogen) atoms. The van der Waals surface area contributed by atoms with Gasteiger partial charge in [0, 0.05) is 0 Å². The van der Waals surface area contributed by atoms with Gasteiger partial charge in [0.1, 0.15) is 0 Å². The summed E-state index contributed by atoms with van der Waals surface area (Å²) >= 11 is 0. The summed E-state index contributed by atoms with van der Waals surface area (Å²) in [6.07, 6.45) is 11.4. The molecule has 0 fully saturated rings. The summed E-state index contributed by atoms with van der Waals surface area (Å²) in [5.74, 6) is 0. The standard InChI is InChI=1S/C60H44/c1-3-37-15-12-16-39-28-31-49-43(30-26-36(2)55(49)56(37)39)42-18-13-17-40(34-42)41-29-32-50-52(35-41)45-20-6-7-23-48(45)57-51-33-27-38-14-4-5-19-44(38)58(51)60(59(50)57)53-24-10-8-21-46(53)47-22-9-11-25-54(47)60/h3-8,10,13-14,16-21,23-24,26-35H,1,9,11-12,15,22,25H2,2H3. The Kier molecular flexibility index (Phi) is 7.18. The van der Waals surface area contributed by atoms with Crippen molar-refractivity contribution in [1.82, 2.24) is 0 Å². The molecule has 4 aliphatic rings. The van der Waals surface area contributed by atoms with E-state index in [4.69, 9.17) is 0 Å². The molecule has 0 heterocycles. The Balaban J connectivity index is 1.08. The van der Waals surface area contributed by atoms with Crippen LogP contribution in [0.4, 0.5) is 0 Å². The van der Waals surface area contributed by atoms with Crippen LogP contribution < -0.4 is 10.4 Å². The van der Waals surface area contributed by atoms with Crippen molar-refractivity contribution in [3.63, 3.8) is 0 Å². The second kappa shape index (κ2) is 12.6. The van der Waals surface area contributed by atoms with E-state index < -0.39 is 0 Å². The van der Waals surface area contributed by atoms with Crippen molar-refractivity contribution in [1.29, 1.82) is 0 Å². The van der Waals surface area contributed by atoms with E-state index in [1.807, 2.05) is 0 Å². The van der Waals surface area contributed by atoms with E-state index in [-0.39, 0.29) is 5.41 Å². The predicted octanol–water partition coefficient (Wildman–Crippen LogP) is 14.5. The van der Waals surface area contributed by atoms with E-state index in [0.717, 1.165) is 25.7 Å². The molecule has 4 aliphatic carbocycles. The first-order valence-corrected chi connectivity index (χ1v) is 22.0. The normalized spacial score (nSPS) is 17.5. The van der Waals surface area contributed by atoms with E-state index in [2.05, 4.69) is 177 Å². The highest BCUT2D eigenvalue weighted by molar-refractivity contribution is 6.22. The molecule has 9 aromatic rings. The van der Waals surface area contributed by atoms with Gasteiger partial charge < -0.3 is 0 Å². The molecule has 13 rings (SSSR count). The van der Waals surface area contributed by atoms with Crippen LogP contribution in [-0.2, 0) is 5.41 Å².